The molecule has 0 spiro atoms. The van der Waals surface area contributed by atoms with E-state index >= 15 is 0 Å². The Morgan fingerprint density at radius 2 is 2.20 bits per heavy atom. The van der Waals surface area contributed by atoms with Crippen LogP contribution in [0.5, 0.6) is 0 Å². The Morgan fingerprint density at radius 3 is 2.50 bits per heavy atom. The lowest BCUT2D eigenvalue weighted by molar-refractivity contribution is -0.318. The number of hydrogen-bond acceptors (Lipinski definition) is 4. The Morgan fingerprint density at radius 1 is 1.70 bits per heavy atom. The van der Waals surface area contributed by atoms with E-state index in [1.165, 1.54) is 6.92 Å². The van der Waals surface area contributed by atoms with Crippen molar-refractivity contribution in [2.24, 2.45) is 0 Å². The lowest BCUT2D eigenvalue weighted by Crippen LogP contribution is -2.34. The van der Waals surface area contributed by atoms with Gasteiger partial charge in [0, 0.05) is 6.42 Å². The Hall–Kier alpha value is -0.320. The first-order valence-electron chi connectivity index (χ1n) is 2.74. The topological polar surface area (TPSA) is 66.8 Å². The van der Waals surface area contributed by atoms with Gasteiger partial charge in [0.15, 0.2) is 0 Å². The molecule has 0 aliphatic rings. The van der Waals surface area contributed by atoms with Gasteiger partial charge in [-0.05, 0) is 0 Å². The number of alkyl halides is 1. The van der Waals surface area contributed by atoms with Crippen molar-refractivity contribution in [1.82, 2.24) is 0 Å². The molecule has 0 atom stereocenters. The monoisotopic (exact) mass is 168 g/mol. The normalized spacial score (nSPS) is 11.2. The molecule has 60 valence electrons. The Bertz CT molecular complexity index is 123. The number of carbonyl (C=O) groups excluding carboxylic acids is 1. The maximum absolute atomic E-state index is 10.3. The first-order valence-corrected chi connectivity index (χ1v) is 3.28. The summed E-state index contributed by atoms with van der Waals surface area (Å²) in [6, 6.07) is 0. The predicted molar refractivity (Wildman–Crippen MR) is 34.3 cm³/mol. The summed E-state index contributed by atoms with van der Waals surface area (Å²) in [6.07, 6.45) is -0.0877. The highest BCUT2D eigenvalue weighted by Crippen LogP contribution is 2.06. The van der Waals surface area contributed by atoms with Gasteiger partial charge >= 0.3 is 11.9 Å². The number of hydrogen-bond donors (Lipinski definition) is 2. The van der Waals surface area contributed by atoms with Crippen molar-refractivity contribution in [3.05, 3.63) is 0 Å². The van der Waals surface area contributed by atoms with Crippen LogP contribution in [0, 0.1) is 0 Å². The van der Waals surface area contributed by atoms with Crippen LogP contribution in [0.2, 0.25) is 0 Å². The molecule has 0 heterocycles. The Labute approximate surface area is 63.4 Å². The van der Waals surface area contributed by atoms with Gasteiger partial charge in [-0.15, -0.1) is 11.6 Å². The summed E-state index contributed by atoms with van der Waals surface area (Å²) in [4.78, 5) is 10.3. The van der Waals surface area contributed by atoms with Crippen LogP contribution in [0.3, 0.4) is 0 Å². The van der Waals surface area contributed by atoms with Crippen molar-refractivity contribution in [3.63, 3.8) is 0 Å². The van der Waals surface area contributed by atoms with Crippen molar-refractivity contribution < 1.29 is 19.7 Å². The van der Waals surface area contributed by atoms with E-state index in [9.17, 15) is 4.79 Å². The maximum atomic E-state index is 10.3. The van der Waals surface area contributed by atoms with Crippen LogP contribution in [-0.4, -0.2) is 28.0 Å². The standard InChI is InChI=1S/C5H9ClO4/c1-2-5(8,9)10-4(7)3-6/h8-9H,2-3H2,1H3. The molecule has 0 radical (unpaired) electrons. The first-order chi connectivity index (χ1) is 4.52. The van der Waals surface area contributed by atoms with Gasteiger partial charge in [-0.1, -0.05) is 6.92 Å². The zero-order valence-corrected chi connectivity index (χ0v) is 6.26. The van der Waals surface area contributed by atoms with Crippen LogP contribution in [0.25, 0.3) is 0 Å². The van der Waals surface area contributed by atoms with Crippen molar-refractivity contribution in [1.29, 1.82) is 0 Å². The molecule has 0 aliphatic carbocycles. The third kappa shape index (κ3) is 3.66. The highest BCUT2D eigenvalue weighted by atomic mass is 35.5. The largest absolute Gasteiger partial charge is 0.407 e. The molecular weight excluding hydrogens is 160 g/mol. The van der Waals surface area contributed by atoms with Gasteiger partial charge in [0.2, 0.25) is 0 Å². The number of rotatable bonds is 3. The van der Waals surface area contributed by atoms with Gasteiger partial charge < -0.3 is 14.9 Å². The lowest BCUT2D eigenvalue weighted by Gasteiger charge is -2.18. The smallest absolute Gasteiger partial charge is 0.325 e. The van der Waals surface area contributed by atoms with E-state index in [0.717, 1.165) is 0 Å². The van der Waals surface area contributed by atoms with E-state index in [2.05, 4.69) is 4.74 Å². The van der Waals surface area contributed by atoms with Gasteiger partial charge in [0.1, 0.15) is 5.88 Å². The van der Waals surface area contributed by atoms with Crippen molar-refractivity contribution >= 4 is 17.6 Å². The molecule has 4 nitrogen and oxygen atoms in total. The van der Waals surface area contributed by atoms with Gasteiger partial charge in [-0.2, -0.15) is 0 Å². The van der Waals surface area contributed by atoms with Crippen LogP contribution in [0.15, 0.2) is 0 Å². The molecule has 0 bridgehead atoms. The van der Waals surface area contributed by atoms with Crippen molar-refractivity contribution in [2.75, 3.05) is 5.88 Å². The fourth-order valence-corrected chi connectivity index (χ4v) is 0.336. The molecule has 5 heteroatoms. The average molecular weight is 169 g/mol. The SMILES string of the molecule is CCC(O)(O)OC(=O)CCl. The van der Waals surface area contributed by atoms with Gasteiger partial charge in [-0.3, -0.25) is 4.79 Å². The second-order valence-electron chi connectivity index (χ2n) is 1.70. The minimum Gasteiger partial charge on any atom is -0.407 e. The maximum Gasteiger partial charge on any atom is 0.325 e. The van der Waals surface area contributed by atoms with Crippen LogP contribution >= 0.6 is 11.6 Å². The van der Waals surface area contributed by atoms with E-state index in [1.807, 2.05) is 0 Å². The summed E-state index contributed by atoms with van der Waals surface area (Å²) in [5.41, 5.74) is 0. The summed E-state index contributed by atoms with van der Waals surface area (Å²) in [5, 5.41) is 17.4. The first kappa shape index (κ1) is 9.68. The molecule has 0 saturated carbocycles. The molecule has 0 rings (SSSR count). The van der Waals surface area contributed by atoms with E-state index in [0.29, 0.717) is 0 Å². The molecule has 0 fully saturated rings. The zero-order chi connectivity index (χ0) is 8.20. The number of esters is 1. The van der Waals surface area contributed by atoms with Gasteiger partial charge in [-0.25, -0.2) is 0 Å². The van der Waals surface area contributed by atoms with Crippen molar-refractivity contribution in [3.8, 4) is 0 Å². The number of aliphatic hydroxyl groups is 2. The second-order valence-corrected chi connectivity index (χ2v) is 1.97. The minimum absolute atomic E-state index is 0.0877. The molecule has 0 aromatic carbocycles. The molecule has 0 saturated heterocycles. The van der Waals surface area contributed by atoms with Crippen LogP contribution in [0.4, 0.5) is 0 Å². The Kier molecular flexibility index (Phi) is 3.63. The number of halogens is 1. The van der Waals surface area contributed by atoms with Gasteiger partial charge in [0.25, 0.3) is 0 Å². The summed E-state index contributed by atoms with van der Waals surface area (Å²) in [7, 11) is 0. The molecule has 0 unspecified atom stereocenters. The fraction of sp³-hybridized carbons (Fsp3) is 0.800. The summed E-state index contributed by atoms with van der Waals surface area (Å²) in [6.45, 7) is 1.46. The zero-order valence-electron chi connectivity index (χ0n) is 5.50. The second kappa shape index (κ2) is 3.75. The van der Waals surface area contributed by atoms with Crippen LogP contribution in [0.1, 0.15) is 13.3 Å². The number of ether oxygens (including phenoxy) is 1. The molecule has 0 aromatic rings. The molecule has 0 aliphatic heterocycles. The lowest BCUT2D eigenvalue weighted by atomic mass is 10.4. The highest BCUT2D eigenvalue weighted by molar-refractivity contribution is 6.26. The summed E-state index contributed by atoms with van der Waals surface area (Å²) >= 11 is 5.02. The average Bonchev–Trinajstić information content (AvgIpc) is 1.87. The van der Waals surface area contributed by atoms with E-state index in [4.69, 9.17) is 21.8 Å². The van der Waals surface area contributed by atoms with Crippen LogP contribution in [-0.2, 0) is 9.53 Å². The molecule has 0 amide bonds. The summed E-state index contributed by atoms with van der Waals surface area (Å²) < 4.78 is 4.08. The fourth-order valence-electron chi connectivity index (χ4n) is 0.282. The highest BCUT2D eigenvalue weighted by Gasteiger charge is 2.24. The van der Waals surface area contributed by atoms with E-state index < -0.39 is 11.9 Å². The summed E-state index contributed by atoms with van der Waals surface area (Å²) in [5.74, 6) is -3.61. The molecule has 10 heavy (non-hydrogen) atoms. The van der Waals surface area contributed by atoms with Crippen molar-refractivity contribution in [2.45, 2.75) is 19.3 Å². The predicted octanol–water partition coefficient (Wildman–Crippen LogP) is -0.183. The third-order valence-electron chi connectivity index (χ3n) is 0.847. The van der Waals surface area contributed by atoms with E-state index in [-0.39, 0.29) is 12.3 Å². The number of carbonyl (C=O) groups is 1. The minimum atomic E-state index is -2.37. The molecule has 2 N–H and O–H groups in total. The molecule has 0 aromatic heterocycles. The molecular formula is C5H9ClO4. The Balaban J connectivity index is 3.76. The quantitative estimate of drug-likeness (QED) is 0.349. The third-order valence-corrected chi connectivity index (χ3v) is 1.07. The van der Waals surface area contributed by atoms with Gasteiger partial charge in [0.05, 0.1) is 0 Å². The van der Waals surface area contributed by atoms with Crippen LogP contribution < -0.4 is 0 Å². The van der Waals surface area contributed by atoms with E-state index in [1.54, 1.807) is 0 Å².